The summed E-state index contributed by atoms with van der Waals surface area (Å²) in [5, 5.41) is 9.06. The fourth-order valence-electron chi connectivity index (χ4n) is 4.17. The van der Waals surface area contributed by atoms with E-state index in [1.54, 1.807) is 19.2 Å². The van der Waals surface area contributed by atoms with E-state index in [4.69, 9.17) is 4.74 Å². The van der Waals surface area contributed by atoms with Crippen LogP contribution in [0, 0.1) is 11.8 Å². The summed E-state index contributed by atoms with van der Waals surface area (Å²) in [4.78, 5) is 53.7. The molecule has 10 heteroatoms. The van der Waals surface area contributed by atoms with Crippen LogP contribution in [0.4, 0.5) is 0 Å². The van der Waals surface area contributed by atoms with Gasteiger partial charge >= 0.3 is 0 Å². The Morgan fingerprint density at radius 2 is 1.97 bits per heavy atom. The summed E-state index contributed by atoms with van der Waals surface area (Å²) >= 11 is 4.06. The topological polar surface area (TPSA) is 129 Å². The number of benzene rings is 1. The van der Waals surface area contributed by atoms with Gasteiger partial charge in [-0.1, -0.05) is 19.9 Å². The van der Waals surface area contributed by atoms with Crippen LogP contribution in [0.2, 0.25) is 0 Å². The molecule has 0 bridgehead atoms. The molecule has 184 valence electrons. The number of methoxy groups -OCH3 is 1. The van der Waals surface area contributed by atoms with Crippen molar-refractivity contribution < 1.29 is 23.9 Å². The Morgan fingerprint density at radius 1 is 1.21 bits per heavy atom. The van der Waals surface area contributed by atoms with Gasteiger partial charge in [-0.3, -0.25) is 19.2 Å². The Labute approximate surface area is 204 Å². The molecule has 1 aliphatic rings. The highest BCUT2D eigenvalue weighted by Crippen LogP contribution is 2.26. The number of hydrogen-bond donors (Lipinski definition) is 5. The molecule has 34 heavy (non-hydrogen) atoms. The zero-order valence-electron chi connectivity index (χ0n) is 19.6. The van der Waals surface area contributed by atoms with Gasteiger partial charge in [0.05, 0.1) is 18.9 Å². The monoisotopic (exact) mass is 488 g/mol. The predicted octanol–water partition coefficient (Wildman–Crippen LogP) is 1.83. The normalized spacial score (nSPS) is 17.3. The average Bonchev–Trinajstić information content (AvgIpc) is 3.43. The Morgan fingerprint density at radius 3 is 2.59 bits per heavy atom. The first kappa shape index (κ1) is 25.6. The summed E-state index contributed by atoms with van der Waals surface area (Å²) < 4.78 is 5.35. The molecule has 9 nitrogen and oxygen atoms in total. The van der Waals surface area contributed by atoms with E-state index < -0.39 is 23.9 Å². The van der Waals surface area contributed by atoms with E-state index in [1.807, 2.05) is 26.0 Å². The number of fused-ring (bicyclic) bond motifs is 1. The number of carbonyl (C=O) groups is 4. The molecule has 1 saturated heterocycles. The Kier molecular flexibility index (Phi) is 8.60. The number of hydrogen-bond acceptors (Lipinski definition) is 6. The smallest absolute Gasteiger partial charge is 0.268 e. The number of ether oxygens (including phenoxy) is 1. The molecule has 1 aromatic heterocycles. The van der Waals surface area contributed by atoms with Crippen LogP contribution >= 0.6 is 12.6 Å². The Bertz CT molecular complexity index is 1070. The number of carbonyl (C=O) groups excluding carboxylic acids is 4. The fraction of sp³-hybridized carbons (Fsp3) is 0.500. The summed E-state index contributed by atoms with van der Waals surface area (Å²) in [7, 11) is 1.56. The van der Waals surface area contributed by atoms with Crippen LogP contribution in [-0.2, 0) is 14.4 Å². The van der Waals surface area contributed by atoms with Crippen molar-refractivity contribution in [1.82, 2.24) is 20.9 Å². The molecule has 2 aromatic rings. The lowest BCUT2D eigenvalue weighted by atomic mass is 9.95. The standard InChI is InChI=1S/C24H32N4O5S/c1-13(2)9-18(23(31)27-17(20(29)12-34)10-14-7-8-25-22(14)30)28-24(32)19-11-15-16(26-19)5-4-6-21(15)33-3/h4-6,11,13-14,17-18,26,34H,7-10,12H2,1-3H3,(H,25,30)(H,27,31)(H,28,32)/t14-,17-,18-/m0/s1. The summed E-state index contributed by atoms with van der Waals surface area (Å²) in [6.07, 6.45) is 1.20. The molecule has 1 fully saturated rings. The zero-order valence-corrected chi connectivity index (χ0v) is 20.5. The van der Waals surface area contributed by atoms with E-state index in [0.717, 1.165) is 10.9 Å². The molecule has 1 aromatic carbocycles. The van der Waals surface area contributed by atoms with E-state index in [-0.39, 0.29) is 35.7 Å². The fourth-order valence-corrected chi connectivity index (χ4v) is 4.39. The van der Waals surface area contributed by atoms with E-state index in [9.17, 15) is 19.2 Å². The van der Waals surface area contributed by atoms with Crippen LogP contribution < -0.4 is 20.7 Å². The largest absolute Gasteiger partial charge is 0.496 e. The molecule has 2 heterocycles. The minimum absolute atomic E-state index is 0.0581. The van der Waals surface area contributed by atoms with Gasteiger partial charge in [0.15, 0.2) is 5.78 Å². The predicted molar refractivity (Wildman–Crippen MR) is 132 cm³/mol. The van der Waals surface area contributed by atoms with Crippen molar-refractivity contribution in [3.8, 4) is 5.75 Å². The number of nitrogens with one attached hydrogen (secondary N) is 4. The van der Waals surface area contributed by atoms with E-state index in [2.05, 4.69) is 33.6 Å². The minimum Gasteiger partial charge on any atom is -0.496 e. The maximum absolute atomic E-state index is 13.2. The zero-order chi connectivity index (χ0) is 24.8. The van der Waals surface area contributed by atoms with Crippen LogP contribution in [0.25, 0.3) is 10.9 Å². The van der Waals surface area contributed by atoms with Crippen LogP contribution in [-0.4, -0.2) is 60.0 Å². The van der Waals surface area contributed by atoms with Crippen molar-refractivity contribution >= 4 is 47.0 Å². The van der Waals surface area contributed by atoms with Crippen LogP contribution in [0.1, 0.15) is 43.6 Å². The summed E-state index contributed by atoms with van der Waals surface area (Å²) in [5.41, 5.74) is 1.04. The maximum Gasteiger partial charge on any atom is 0.268 e. The summed E-state index contributed by atoms with van der Waals surface area (Å²) in [6.45, 7) is 4.44. The van der Waals surface area contributed by atoms with Crippen molar-refractivity contribution in [2.45, 2.75) is 45.2 Å². The number of aromatic nitrogens is 1. The molecule has 3 atom stereocenters. The van der Waals surface area contributed by atoms with Gasteiger partial charge in [-0.15, -0.1) is 0 Å². The van der Waals surface area contributed by atoms with Gasteiger partial charge in [0.25, 0.3) is 5.91 Å². The average molecular weight is 489 g/mol. The lowest BCUT2D eigenvalue weighted by Crippen LogP contribution is -2.53. The van der Waals surface area contributed by atoms with E-state index >= 15 is 0 Å². The van der Waals surface area contributed by atoms with Crippen molar-refractivity contribution in [3.05, 3.63) is 30.0 Å². The Hall–Kier alpha value is -3.01. The second-order valence-electron chi connectivity index (χ2n) is 8.96. The van der Waals surface area contributed by atoms with Crippen molar-refractivity contribution in [1.29, 1.82) is 0 Å². The number of Topliss-reactive ketones (excluding diaryl/α,β-unsaturated/α-hetero) is 1. The van der Waals surface area contributed by atoms with Gasteiger partial charge in [-0.2, -0.15) is 12.6 Å². The van der Waals surface area contributed by atoms with Crippen molar-refractivity contribution in [2.24, 2.45) is 11.8 Å². The molecule has 3 rings (SSSR count). The first-order chi connectivity index (χ1) is 16.2. The Balaban J connectivity index is 1.75. The van der Waals surface area contributed by atoms with Gasteiger partial charge in [0.2, 0.25) is 11.8 Å². The highest BCUT2D eigenvalue weighted by molar-refractivity contribution is 7.81. The van der Waals surface area contributed by atoms with Crippen molar-refractivity contribution in [2.75, 3.05) is 19.4 Å². The van der Waals surface area contributed by atoms with Gasteiger partial charge < -0.3 is 25.7 Å². The lowest BCUT2D eigenvalue weighted by Gasteiger charge is -2.24. The van der Waals surface area contributed by atoms with Gasteiger partial charge in [0, 0.05) is 23.4 Å². The van der Waals surface area contributed by atoms with Crippen LogP contribution in [0.5, 0.6) is 5.75 Å². The summed E-state index contributed by atoms with van der Waals surface area (Å²) in [5.74, 6) is -0.945. The molecule has 0 saturated carbocycles. The van der Waals surface area contributed by atoms with Crippen molar-refractivity contribution in [3.63, 3.8) is 0 Å². The lowest BCUT2D eigenvalue weighted by molar-refractivity contribution is -0.129. The molecular weight excluding hydrogens is 456 g/mol. The maximum atomic E-state index is 13.2. The van der Waals surface area contributed by atoms with Gasteiger partial charge in [-0.05, 0) is 43.4 Å². The number of aromatic amines is 1. The molecule has 3 amide bonds. The molecule has 1 aliphatic heterocycles. The highest BCUT2D eigenvalue weighted by atomic mass is 32.1. The minimum atomic E-state index is -0.853. The third-order valence-corrected chi connectivity index (χ3v) is 6.27. The second-order valence-corrected chi connectivity index (χ2v) is 9.27. The number of rotatable bonds is 11. The highest BCUT2D eigenvalue weighted by Gasteiger charge is 2.33. The first-order valence-corrected chi connectivity index (χ1v) is 12.0. The number of H-pyrrole nitrogens is 1. The molecule has 0 radical (unpaired) electrons. The number of ketones is 1. The van der Waals surface area contributed by atoms with Crippen LogP contribution in [0.3, 0.4) is 0 Å². The van der Waals surface area contributed by atoms with Gasteiger partial charge in [0.1, 0.15) is 17.5 Å². The molecule has 4 N–H and O–H groups in total. The van der Waals surface area contributed by atoms with E-state index in [1.165, 1.54) is 0 Å². The number of amides is 3. The quantitative estimate of drug-likeness (QED) is 0.308. The molecule has 0 spiro atoms. The first-order valence-electron chi connectivity index (χ1n) is 11.4. The van der Waals surface area contributed by atoms with Gasteiger partial charge in [-0.25, -0.2) is 0 Å². The van der Waals surface area contributed by atoms with E-state index in [0.29, 0.717) is 30.8 Å². The second kappa shape index (κ2) is 11.4. The molecular formula is C24H32N4O5S. The third kappa shape index (κ3) is 6.11. The third-order valence-electron chi connectivity index (χ3n) is 5.96. The number of thiol groups is 1. The molecule has 0 unspecified atom stereocenters. The SMILES string of the molecule is COc1cccc2[nH]c(C(=O)N[C@@H](CC(C)C)C(=O)N[C@@H](C[C@@H]3CCNC3=O)C(=O)CS)cc12. The summed E-state index contributed by atoms with van der Waals surface area (Å²) in [6, 6.07) is 5.43. The van der Waals surface area contributed by atoms with Crippen LogP contribution in [0.15, 0.2) is 24.3 Å². The molecule has 0 aliphatic carbocycles.